The van der Waals surface area contributed by atoms with Crippen LogP contribution in [0.5, 0.6) is 0 Å². The van der Waals surface area contributed by atoms with Gasteiger partial charge in [0.25, 0.3) is 11.5 Å². The Bertz CT molecular complexity index is 1320. The van der Waals surface area contributed by atoms with E-state index in [4.69, 9.17) is 0 Å². The van der Waals surface area contributed by atoms with E-state index in [0.29, 0.717) is 51.3 Å². The van der Waals surface area contributed by atoms with Gasteiger partial charge in [0.1, 0.15) is 5.69 Å². The second-order valence-corrected chi connectivity index (χ2v) is 9.35. The van der Waals surface area contributed by atoms with Crippen molar-refractivity contribution in [3.8, 4) is 0 Å². The topological polar surface area (TPSA) is 118 Å². The number of aromatic amines is 1. The summed E-state index contributed by atoms with van der Waals surface area (Å²) in [7, 11) is 0. The number of pyridine rings is 3. The number of carbonyl (C=O) groups excluding carboxylic acids is 1. The molecule has 3 aromatic heterocycles. The van der Waals surface area contributed by atoms with Crippen molar-refractivity contribution in [3.63, 3.8) is 0 Å². The summed E-state index contributed by atoms with van der Waals surface area (Å²) in [6.07, 6.45) is 2.62. The molecule has 0 saturated carbocycles. The lowest BCUT2D eigenvalue weighted by molar-refractivity contribution is 0.0794. The first-order chi connectivity index (χ1) is 17.4. The molecule has 3 N–H and O–H groups in total. The number of fused-ring (bicyclic) bond motifs is 1. The molecule has 1 atom stereocenters. The van der Waals surface area contributed by atoms with Crippen molar-refractivity contribution in [1.29, 1.82) is 0 Å². The molecule has 5 heterocycles. The standard InChI is InChI=1S/C25H30FN7O3/c1-2-17-12-20-21(29-24(17)35)11-16(13-27-20)14-31-7-9-32(10-8-31)22-4-3-19(28-23(22)26)25(36)30-33-6-5-18(34)15-33/h3-4,11-13,18,34H,2,5-10,14-15H2,1H3,(H,29,35)(H,30,36). The number of amides is 1. The predicted molar refractivity (Wildman–Crippen MR) is 133 cm³/mol. The lowest BCUT2D eigenvalue weighted by Gasteiger charge is -2.36. The Kier molecular flexibility index (Phi) is 6.95. The summed E-state index contributed by atoms with van der Waals surface area (Å²) >= 11 is 0. The number of nitrogens with zero attached hydrogens (tertiary/aromatic N) is 5. The molecule has 5 rings (SSSR count). The maximum atomic E-state index is 14.8. The molecule has 0 aromatic carbocycles. The number of aryl methyl sites for hydroxylation is 1. The highest BCUT2D eigenvalue weighted by Crippen LogP contribution is 2.21. The van der Waals surface area contributed by atoms with Crippen LogP contribution in [-0.4, -0.2) is 81.2 Å². The van der Waals surface area contributed by atoms with Crippen molar-refractivity contribution in [2.75, 3.05) is 44.2 Å². The van der Waals surface area contributed by atoms with Crippen LogP contribution in [0.4, 0.5) is 10.1 Å². The summed E-state index contributed by atoms with van der Waals surface area (Å²) in [4.78, 5) is 40.0. The number of β-amino-alcohol motifs (C(OH)–C–C–N with tert-alkyl or cyclic N) is 1. The highest BCUT2D eigenvalue weighted by Gasteiger charge is 2.24. The van der Waals surface area contributed by atoms with Crippen molar-refractivity contribution < 1.29 is 14.3 Å². The summed E-state index contributed by atoms with van der Waals surface area (Å²) in [6.45, 7) is 6.21. The number of aliphatic hydroxyl groups excluding tert-OH is 1. The number of piperazine rings is 1. The number of hydrogen-bond acceptors (Lipinski definition) is 8. The van der Waals surface area contributed by atoms with Crippen molar-refractivity contribution >= 4 is 22.6 Å². The van der Waals surface area contributed by atoms with Crippen LogP contribution in [0.3, 0.4) is 0 Å². The SMILES string of the molecule is CCc1cc2ncc(CN3CCN(c4ccc(C(=O)NN5CCC(O)C5)nc4F)CC3)cc2[nH]c1=O. The maximum Gasteiger partial charge on any atom is 0.284 e. The van der Waals surface area contributed by atoms with Gasteiger partial charge in [-0.15, -0.1) is 0 Å². The fourth-order valence-corrected chi connectivity index (χ4v) is 4.75. The average molecular weight is 496 g/mol. The minimum absolute atomic E-state index is 0.00387. The second kappa shape index (κ2) is 10.3. The zero-order chi connectivity index (χ0) is 25.2. The largest absolute Gasteiger partial charge is 0.392 e. The van der Waals surface area contributed by atoms with Gasteiger partial charge >= 0.3 is 0 Å². The molecule has 10 nitrogen and oxygen atoms in total. The third kappa shape index (κ3) is 5.23. The summed E-state index contributed by atoms with van der Waals surface area (Å²) < 4.78 is 14.8. The molecule has 1 amide bonds. The van der Waals surface area contributed by atoms with E-state index in [1.165, 1.54) is 6.07 Å². The van der Waals surface area contributed by atoms with Crippen LogP contribution in [0, 0.1) is 5.95 Å². The van der Waals surface area contributed by atoms with E-state index in [-0.39, 0.29) is 11.3 Å². The maximum absolute atomic E-state index is 14.8. The summed E-state index contributed by atoms with van der Waals surface area (Å²) in [5.41, 5.74) is 6.19. The van der Waals surface area contributed by atoms with Gasteiger partial charge in [0.05, 0.1) is 22.8 Å². The summed E-state index contributed by atoms with van der Waals surface area (Å²) in [5.74, 6) is -1.16. The smallest absolute Gasteiger partial charge is 0.284 e. The van der Waals surface area contributed by atoms with Crippen molar-refractivity contribution in [3.05, 3.63) is 63.6 Å². The molecular formula is C25H30FN7O3. The minimum atomic E-state index is -0.674. The predicted octanol–water partition coefficient (Wildman–Crippen LogP) is 1.05. The fraction of sp³-hybridized carbons (Fsp3) is 0.440. The summed E-state index contributed by atoms with van der Waals surface area (Å²) in [6, 6.07) is 6.93. The average Bonchev–Trinajstić information content (AvgIpc) is 3.28. The van der Waals surface area contributed by atoms with E-state index < -0.39 is 18.0 Å². The van der Waals surface area contributed by atoms with Gasteiger partial charge < -0.3 is 15.0 Å². The van der Waals surface area contributed by atoms with Crippen LogP contribution in [-0.2, 0) is 13.0 Å². The quantitative estimate of drug-likeness (QED) is 0.435. The molecule has 190 valence electrons. The molecule has 3 aromatic rings. The number of nitrogens with one attached hydrogen (secondary N) is 2. The van der Waals surface area contributed by atoms with Crippen molar-refractivity contribution in [1.82, 2.24) is 30.3 Å². The Morgan fingerprint density at radius 1 is 1.22 bits per heavy atom. The second-order valence-electron chi connectivity index (χ2n) is 9.35. The van der Waals surface area contributed by atoms with E-state index in [2.05, 4.69) is 25.3 Å². The first kappa shape index (κ1) is 24.3. The van der Waals surface area contributed by atoms with Gasteiger partial charge in [0.2, 0.25) is 5.95 Å². The molecule has 2 fully saturated rings. The van der Waals surface area contributed by atoms with Crippen LogP contribution in [0.25, 0.3) is 11.0 Å². The van der Waals surface area contributed by atoms with Gasteiger partial charge in [-0.2, -0.15) is 4.39 Å². The van der Waals surface area contributed by atoms with Crippen molar-refractivity contribution in [2.24, 2.45) is 0 Å². The van der Waals surface area contributed by atoms with Gasteiger partial charge in [0, 0.05) is 57.6 Å². The molecule has 36 heavy (non-hydrogen) atoms. The zero-order valence-corrected chi connectivity index (χ0v) is 20.2. The van der Waals surface area contributed by atoms with Gasteiger partial charge in [-0.05, 0) is 42.7 Å². The third-order valence-corrected chi connectivity index (χ3v) is 6.81. The third-order valence-electron chi connectivity index (χ3n) is 6.81. The first-order valence-electron chi connectivity index (χ1n) is 12.3. The normalized spacial score (nSPS) is 19.2. The number of H-pyrrole nitrogens is 1. The highest BCUT2D eigenvalue weighted by molar-refractivity contribution is 5.92. The van der Waals surface area contributed by atoms with Gasteiger partial charge in [-0.1, -0.05) is 6.92 Å². The lowest BCUT2D eigenvalue weighted by Crippen LogP contribution is -2.46. The van der Waals surface area contributed by atoms with Gasteiger partial charge in [0.15, 0.2) is 0 Å². The molecule has 2 saturated heterocycles. The fourth-order valence-electron chi connectivity index (χ4n) is 4.75. The van der Waals surface area contributed by atoms with Crippen LogP contribution in [0.2, 0.25) is 0 Å². The lowest BCUT2D eigenvalue weighted by atomic mass is 10.1. The Labute approximate surface area is 207 Å². The van der Waals surface area contributed by atoms with E-state index in [9.17, 15) is 19.1 Å². The number of hydrogen-bond donors (Lipinski definition) is 3. The van der Waals surface area contributed by atoms with Gasteiger partial charge in [-0.3, -0.25) is 24.9 Å². The number of carbonyl (C=O) groups is 1. The zero-order valence-electron chi connectivity index (χ0n) is 20.2. The van der Waals surface area contributed by atoms with Crippen LogP contribution in [0.15, 0.2) is 35.3 Å². The molecular weight excluding hydrogens is 465 g/mol. The molecule has 1 unspecified atom stereocenters. The number of aliphatic hydroxyl groups is 1. The molecule has 2 aliphatic heterocycles. The Hall–Kier alpha value is -3.41. The van der Waals surface area contributed by atoms with Crippen LogP contribution in [0.1, 0.15) is 35.0 Å². The minimum Gasteiger partial charge on any atom is -0.392 e. The Morgan fingerprint density at radius 2 is 2.03 bits per heavy atom. The number of anilines is 1. The number of halogens is 1. The van der Waals surface area contributed by atoms with E-state index in [0.717, 1.165) is 35.2 Å². The molecule has 11 heteroatoms. The Balaban J connectivity index is 1.18. The number of aromatic nitrogens is 3. The van der Waals surface area contributed by atoms with Crippen LogP contribution < -0.4 is 15.9 Å². The summed E-state index contributed by atoms with van der Waals surface area (Å²) in [5, 5.41) is 11.2. The van der Waals surface area contributed by atoms with Crippen molar-refractivity contribution in [2.45, 2.75) is 32.4 Å². The highest BCUT2D eigenvalue weighted by atomic mass is 19.1. The van der Waals surface area contributed by atoms with E-state index >= 15 is 0 Å². The molecule has 0 spiro atoms. The monoisotopic (exact) mass is 495 g/mol. The molecule has 2 aliphatic rings. The molecule has 0 radical (unpaired) electrons. The van der Waals surface area contributed by atoms with E-state index in [1.807, 2.05) is 30.2 Å². The molecule has 0 bridgehead atoms. The first-order valence-corrected chi connectivity index (χ1v) is 12.3. The Morgan fingerprint density at radius 3 is 2.72 bits per heavy atom. The number of hydrazine groups is 1. The van der Waals surface area contributed by atoms with Gasteiger partial charge in [-0.25, -0.2) is 9.99 Å². The van der Waals surface area contributed by atoms with Crippen LogP contribution >= 0.6 is 0 Å². The number of rotatable bonds is 6. The van der Waals surface area contributed by atoms with E-state index in [1.54, 1.807) is 11.1 Å². The molecule has 0 aliphatic carbocycles.